The number of hydrogen-bond acceptors (Lipinski definition) is 7. The Hall–Kier alpha value is -2.41. The van der Waals surface area contributed by atoms with E-state index in [0.29, 0.717) is 11.1 Å². The summed E-state index contributed by atoms with van der Waals surface area (Å²) in [5.41, 5.74) is 1.52. The quantitative estimate of drug-likeness (QED) is 0.734. The molecule has 23 heavy (non-hydrogen) atoms. The number of carbonyl (C=O) groups excluding carboxylic acids is 1. The summed E-state index contributed by atoms with van der Waals surface area (Å²) in [4.78, 5) is 17.4. The van der Waals surface area contributed by atoms with Gasteiger partial charge in [-0.2, -0.15) is 0 Å². The van der Waals surface area contributed by atoms with E-state index >= 15 is 0 Å². The zero-order valence-electron chi connectivity index (χ0n) is 12.4. The predicted molar refractivity (Wildman–Crippen MR) is 84.7 cm³/mol. The number of esters is 1. The van der Waals surface area contributed by atoms with Gasteiger partial charge in [0.1, 0.15) is 5.69 Å². The third-order valence-electron chi connectivity index (χ3n) is 3.81. The van der Waals surface area contributed by atoms with E-state index in [1.54, 1.807) is 6.92 Å². The molecule has 3 heterocycles. The molecule has 3 aromatic heterocycles. The molecule has 118 valence electrons. The molecule has 1 fully saturated rings. The van der Waals surface area contributed by atoms with Crippen LogP contribution >= 0.6 is 11.3 Å². The number of aromatic nitrogens is 2. The zero-order valence-corrected chi connectivity index (χ0v) is 13.2. The van der Waals surface area contributed by atoms with Crippen LogP contribution in [0.3, 0.4) is 0 Å². The molecule has 1 aliphatic carbocycles. The number of carbonyl (C=O) groups is 1. The number of hydrogen-bond donors (Lipinski definition) is 1. The molecule has 1 N–H and O–H groups in total. The van der Waals surface area contributed by atoms with E-state index in [-0.39, 0.29) is 29.6 Å². The Morgan fingerprint density at radius 3 is 3.00 bits per heavy atom. The van der Waals surface area contributed by atoms with Crippen LogP contribution < -0.4 is 0 Å². The minimum absolute atomic E-state index is 0.102. The van der Waals surface area contributed by atoms with Crippen molar-refractivity contribution in [2.45, 2.75) is 25.7 Å². The second-order valence-corrected chi connectivity index (χ2v) is 6.35. The summed E-state index contributed by atoms with van der Waals surface area (Å²) in [5, 5.41) is 17.1. The van der Waals surface area contributed by atoms with Crippen molar-refractivity contribution in [1.82, 2.24) is 10.1 Å². The van der Waals surface area contributed by atoms with Crippen molar-refractivity contribution in [3.05, 3.63) is 28.9 Å². The Bertz CT molecular complexity index is 881. The van der Waals surface area contributed by atoms with Crippen molar-refractivity contribution in [2.24, 2.45) is 0 Å². The van der Waals surface area contributed by atoms with E-state index in [1.807, 2.05) is 17.5 Å². The lowest BCUT2D eigenvalue weighted by atomic mass is 10.1. The predicted octanol–water partition coefficient (Wildman–Crippen LogP) is 3.71. The van der Waals surface area contributed by atoms with Crippen LogP contribution in [0.25, 0.3) is 21.5 Å². The van der Waals surface area contributed by atoms with E-state index in [1.165, 1.54) is 11.3 Å². The number of rotatable bonds is 4. The fraction of sp³-hybridized carbons (Fsp3) is 0.312. The van der Waals surface area contributed by atoms with Gasteiger partial charge in [0.25, 0.3) is 0 Å². The van der Waals surface area contributed by atoms with Crippen LogP contribution in [0.1, 0.15) is 41.9 Å². The number of fused-ring (bicyclic) bond motifs is 1. The van der Waals surface area contributed by atoms with Gasteiger partial charge >= 0.3 is 5.97 Å². The van der Waals surface area contributed by atoms with Gasteiger partial charge in [-0.1, -0.05) is 11.2 Å². The first kappa shape index (κ1) is 14.2. The molecule has 3 aromatic rings. The standard InChI is InChI=1S/C16H14N2O4S/c1-2-21-16(20)13-14(19)15-10(11(17-13)8-5-6-8)12(18-22-15)9-4-3-7-23-9/h3-4,7-8,19H,2,5-6H2,1H3. The zero-order chi connectivity index (χ0) is 16.0. The molecular weight excluding hydrogens is 316 g/mol. The van der Waals surface area contributed by atoms with Gasteiger partial charge in [-0.05, 0) is 31.2 Å². The number of pyridine rings is 1. The van der Waals surface area contributed by atoms with Crippen LogP contribution in [0.15, 0.2) is 22.0 Å². The lowest BCUT2D eigenvalue weighted by Gasteiger charge is -2.07. The highest BCUT2D eigenvalue weighted by Gasteiger charge is 2.34. The summed E-state index contributed by atoms with van der Waals surface area (Å²) in [6, 6.07) is 3.87. The first-order chi connectivity index (χ1) is 11.2. The molecule has 0 unspecified atom stereocenters. The van der Waals surface area contributed by atoms with Gasteiger partial charge in [0.05, 0.1) is 22.6 Å². The van der Waals surface area contributed by atoms with Crippen molar-refractivity contribution in [2.75, 3.05) is 6.61 Å². The molecule has 0 atom stereocenters. The van der Waals surface area contributed by atoms with Gasteiger partial charge in [0.2, 0.25) is 5.58 Å². The molecule has 0 aliphatic heterocycles. The van der Waals surface area contributed by atoms with Gasteiger partial charge in [0, 0.05) is 5.92 Å². The molecular formula is C16H14N2O4S. The molecule has 1 aliphatic rings. The highest BCUT2D eigenvalue weighted by Crippen LogP contribution is 2.47. The molecule has 0 bridgehead atoms. The average molecular weight is 330 g/mol. The summed E-state index contributed by atoms with van der Waals surface area (Å²) >= 11 is 1.54. The summed E-state index contributed by atoms with van der Waals surface area (Å²) in [6.45, 7) is 1.92. The summed E-state index contributed by atoms with van der Waals surface area (Å²) in [5.74, 6) is -0.689. The average Bonchev–Trinajstić information content (AvgIpc) is 3.07. The van der Waals surface area contributed by atoms with Gasteiger partial charge in [-0.25, -0.2) is 9.78 Å². The Morgan fingerprint density at radius 1 is 1.52 bits per heavy atom. The lowest BCUT2D eigenvalue weighted by molar-refractivity contribution is 0.0515. The van der Waals surface area contributed by atoms with E-state index in [2.05, 4.69) is 10.1 Å². The lowest BCUT2D eigenvalue weighted by Crippen LogP contribution is -2.09. The van der Waals surface area contributed by atoms with E-state index in [0.717, 1.165) is 23.4 Å². The van der Waals surface area contributed by atoms with E-state index in [4.69, 9.17) is 9.26 Å². The van der Waals surface area contributed by atoms with Crippen LogP contribution in [0.2, 0.25) is 0 Å². The Balaban J connectivity index is 1.97. The minimum Gasteiger partial charge on any atom is -0.502 e. The van der Waals surface area contributed by atoms with Crippen molar-refractivity contribution >= 4 is 28.3 Å². The van der Waals surface area contributed by atoms with E-state index in [9.17, 15) is 9.90 Å². The molecule has 0 amide bonds. The van der Waals surface area contributed by atoms with Crippen molar-refractivity contribution in [1.29, 1.82) is 0 Å². The molecule has 7 heteroatoms. The first-order valence-corrected chi connectivity index (χ1v) is 8.32. The molecule has 6 nitrogen and oxygen atoms in total. The van der Waals surface area contributed by atoms with Crippen LogP contribution in [0, 0.1) is 0 Å². The minimum atomic E-state index is -0.650. The maximum atomic E-state index is 12.0. The SMILES string of the molecule is CCOC(=O)c1nc(C2CC2)c2c(-c3cccs3)noc2c1O. The van der Waals surface area contributed by atoms with Crippen LogP contribution in [0.4, 0.5) is 0 Å². The van der Waals surface area contributed by atoms with Gasteiger partial charge in [-0.3, -0.25) is 0 Å². The Morgan fingerprint density at radius 2 is 2.35 bits per heavy atom. The second kappa shape index (κ2) is 5.34. The number of thiophene rings is 1. The smallest absolute Gasteiger partial charge is 0.360 e. The number of nitrogens with zero attached hydrogens (tertiary/aromatic N) is 2. The first-order valence-electron chi connectivity index (χ1n) is 7.44. The third kappa shape index (κ3) is 2.28. The van der Waals surface area contributed by atoms with E-state index < -0.39 is 5.97 Å². The molecule has 0 radical (unpaired) electrons. The fourth-order valence-corrected chi connectivity index (χ4v) is 3.31. The normalized spacial score (nSPS) is 14.3. The van der Waals surface area contributed by atoms with Crippen molar-refractivity contribution in [3.8, 4) is 16.3 Å². The highest BCUT2D eigenvalue weighted by molar-refractivity contribution is 7.13. The monoisotopic (exact) mass is 330 g/mol. The Kier molecular flexibility index (Phi) is 3.30. The topological polar surface area (TPSA) is 85.5 Å². The summed E-state index contributed by atoms with van der Waals surface area (Å²) in [7, 11) is 0. The maximum Gasteiger partial charge on any atom is 0.360 e. The van der Waals surface area contributed by atoms with Gasteiger partial charge in [0.15, 0.2) is 11.4 Å². The van der Waals surface area contributed by atoms with Crippen LogP contribution in [-0.2, 0) is 4.74 Å². The molecule has 1 saturated carbocycles. The molecule has 0 spiro atoms. The molecule has 0 saturated heterocycles. The van der Waals surface area contributed by atoms with Crippen LogP contribution in [-0.4, -0.2) is 27.8 Å². The number of aromatic hydroxyl groups is 1. The van der Waals surface area contributed by atoms with Crippen LogP contribution in [0.5, 0.6) is 5.75 Å². The summed E-state index contributed by atoms with van der Waals surface area (Å²) in [6.07, 6.45) is 2.01. The number of ether oxygens (including phenoxy) is 1. The Labute approximate surface area is 135 Å². The van der Waals surface area contributed by atoms with Crippen molar-refractivity contribution in [3.63, 3.8) is 0 Å². The fourth-order valence-electron chi connectivity index (χ4n) is 2.60. The second-order valence-electron chi connectivity index (χ2n) is 5.40. The highest BCUT2D eigenvalue weighted by atomic mass is 32.1. The molecule has 0 aromatic carbocycles. The largest absolute Gasteiger partial charge is 0.502 e. The molecule has 4 rings (SSSR count). The van der Waals surface area contributed by atoms with Crippen molar-refractivity contribution < 1.29 is 19.2 Å². The maximum absolute atomic E-state index is 12.0. The third-order valence-corrected chi connectivity index (χ3v) is 4.68. The van der Waals surface area contributed by atoms with Gasteiger partial charge < -0.3 is 14.4 Å². The summed E-state index contributed by atoms with van der Waals surface area (Å²) < 4.78 is 10.3. The van der Waals surface area contributed by atoms with Gasteiger partial charge in [-0.15, -0.1) is 11.3 Å².